The summed E-state index contributed by atoms with van der Waals surface area (Å²) in [4.78, 5) is 21.3. The van der Waals surface area contributed by atoms with Crippen LogP contribution in [0.1, 0.15) is 13.8 Å². The zero-order valence-corrected chi connectivity index (χ0v) is 14.0. The summed E-state index contributed by atoms with van der Waals surface area (Å²) >= 11 is 0. The van der Waals surface area contributed by atoms with Crippen LogP contribution in [0.5, 0.6) is 0 Å². The highest BCUT2D eigenvalue weighted by molar-refractivity contribution is 6.36. The van der Waals surface area contributed by atoms with Gasteiger partial charge in [-0.25, -0.2) is 15.0 Å². The minimum Gasteiger partial charge on any atom is -0.256 e. The monoisotopic (exact) mass is 319 g/mol. The van der Waals surface area contributed by atoms with Crippen molar-refractivity contribution >= 4 is 36.0 Å². The van der Waals surface area contributed by atoms with E-state index in [1.165, 1.54) is 0 Å². The summed E-state index contributed by atoms with van der Waals surface area (Å²) in [6, 6.07) is 5.42. The van der Waals surface area contributed by atoms with Crippen molar-refractivity contribution in [3.8, 4) is 0 Å². The molecule has 0 aromatic carbocycles. The third-order valence-electron chi connectivity index (χ3n) is 2.58. The van der Waals surface area contributed by atoms with Gasteiger partial charge in [-0.3, -0.25) is 9.98 Å². The smallest absolute Gasteiger partial charge is 0.154 e. The van der Waals surface area contributed by atoms with Gasteiger partial charge in [0.25, 0.3) is 0 Å². The Bertz CT molecular complexity index is 734. The largest absolute Gasteiger partial charge is 0.256 e. The van der Waals surface area contributed by atoms with Gasteiger partial charge in [-0.15, -0.1) is 0 Å². The summed E-state index contributed by atoms with van der Waals surface area (Å²) in [7, 11) is 0. The Morgan fingerprint density at radius 2 is 1.79 bits per heavy atom. The third kappa shape index (κ3) is 7.17. The highest BCUT2D eigenvalue weighted by Gasteiger charge is 1.95. The van der Waals surface area contributed by atoms with E-state index in [9.17, 15) is 0 Å². The molecule has 0 radical (unpaired) electrons. The van der Waals surface area contributed by atoms with E-state index in [-0.39, 0.29) is 0 Å². The fraction of sp³-hybridized carbons (Fsp3) is 0.105. The van der Waals surface area contributed by atoms with Crippen LogP contribution in [-0.4, -0.2) is 29.3 Å². The van der Waals surface area contributed by atoms with Gasteiger partial charge in [0.2, 0.25) is 0 Å². The Hall–Kier alpha value is -3.21. The molecule has 1 aromatic heterocycles. The number of allylic oxidation sites excluding steroid dienone is 5. The molecule has 5 heteroatoms. The fourth-order valence-electron chi connectivity index (χ4n) is 1.44. The maximum atomic E-state index is 4.34. The second-order valence-corrected chi connectivity index (χ2v) is 4.34. The van der Waals surface area contributed by atoms with Crippen LogP contribution in [0.15, 0.2) is 87.5 Å². The van der Waals surface area contributed by atoms with E-state index in [4.69, 9.17) is 0 Å². The molecule has 0 saturated carbocycles. The standard InChI is InChI=1S/C19H21N5/c1-5-12-20-16(7-3)14-22-18-10-9-11-19(24-18)23-15-17(8-4)21-13-6-2/h5-15H,1,4H2,2-3H3/b13-6-,16-7-,20-12?,21-17-,22-14?,23-15+. The van der Waals surface area contributed by atoms with E-state index >= 15 is 0 Å². The Morgan fingerprint density at radius 1 is 1.08 bits per heavy atom. The molecule has 1 aromatic rings. The molecule has 0 saturated heterocycles. The number of aromatic nitrogens is 1. The van der Waals surface area contributed by atoms with Crippen LogP contribution in [-0.2, 0) is 0 Å². The van der Waals surface area contributed by atoms with Crippen LogP contribution in [0.4, 0.5) is 11.6 Å². The first-order valence-electron chi connectivity index (χ1n) is 7.41. The molecule has 24 heavy (non-hydrogen) atoms. The van der Waals surface area contributed by atoms with Crippen molar-refractivity contribution in [2.75, 3.05) is 0 Å². The first-order valence-corrected chi connectivity index (χ1v) is 7.41. The van der Waals surface area contributed by atoms with Gasteiger partial charge < -0.3 is 0 Å². The average molecular weight is 319 g/mol. The molecular formula is C19H21N5. The zero-order valence-electron chi connectivity index (χ0n) is 14.0. The molecule has 0 atom stereocenters. The molecule has 0 aliphatic rings. The van der Waals surface area contributed by atoms with Crippen molar-refractivity contribution in [2.24, 2.45) is 20.0 Å². The number of nitrogens with zero attached hydrogens (tertiary/aromatic N) is 5. The van der Waals surface area contributed by atoms with Gasteiger partial charge in [0, 0.05) is 12.4 Å². The Kier molecular flexibility index (Phi) is 8.92. The molecule has 0 N–H and O–H groups in total. The molecule has 0 amide bonds. The number of pyridine rings is 1. The molecule has 1 heterocycles. The topological polar surface area (TPSA) is 62.3 Å². The fourth-order valence-corrected chi connectivity index (χ4v) is 1.44. The van der Waals surface area contributed by atoms with E-state index in [0.717, 1.165) is 5.70 Å². The average Bonchev–Trinajstić information content (AvgIpc) is 2.62. The van der Waals surface area contributed by atoms with Crippen molar-refractivity contribution in [1.82, 2.24) is 4.98 Å². The second-order valence-electron chi connectivity index (χ2n) is 4.34. The molecule has 0 aliphatic carbocycles. The highest BCUT2D eigenvalue weighted by Crippen LogP contribution is 2.14. The first kappa shape index (κ1) is 18.8. The predicted octanol–water partition coefficient (Wildman–Crippen LogP) is 4.81. The summed E-state index contributed by atoms with van der Waals surface area (Å²) in [6.07, 6.45) is 13.4. The van der Waals surface area contributed by atoms with E-state index < -0.39 is 0 Å². The lowest BCUT2D eigenvalue weighted by Crippen LogP contribution is -1.93. The number of aliphatic imine (C=N–C) groups is 4. The number of rotatable bonds is 8. The second kappa shape index (κ2) is 11.4. The van der Waals surface area contributed by atoms with Crippen LogP contribution >= 0.6 is 0 Å². The van der Waals surface area contributed by atoms with Gasteiger partial charge in [-0.1, -0.05) is 37.5 Å². The van der Waals surface area contributed by atoms with Gasteiger partial charge >= 0.3 is 0 Å². The Morgan fingerprint density at radius 3 is 2.38 bits per heavy atom. The van der Waals surface area contributed by atoms with Gasteiger partial charge in [0.05, 0.1) is 23.8 Å². The Labute approximate surface area is 143 Å². The van der Waals surface area contributed by atoms with Crippen molar-refractivity contribution in [3.05, 3.63) is 67.6 Å². The summed E-state index contributed by atoms with van der Waals surface area (Å²) in [5, 5.41) is 0. The normalized spacial score (nSPS) is 13.6. The maximum Gasteiger partial charge on any atom is 0.154 e. The first-order chi connectivity index (χ1) is 11.7. The summed E-state index contributed by atoms with van der Waals surface area (Å²) < 4.78 is 0. The van der Waals surface area contributed by atoms with E-state index in [1.807, 2.05) is 32.1 Å². The Balaban J connectivity index is 2.92. The minimum atomic E-state index is 0.538. The molecule has 1 rings (SSSR count). The van der Waals surface area contributed by atoms with Gasteiger partial charge in [0.1, 0.15) is 0 Å². The van der Waals surface area contributed by atoms with Crippen LogP contribution in [0, 0.1) is 0 Å². The van der Waals surface area contributed by atoms with Crippen molar-refractivity contribution in [2.45, 2.75) is 13.8 Å². The molecule has 0 fully saturated rings. The highest BCUT2D eigenvalue weighted by atomic mass is 15.0. The molecule has 0 spiro atoms. The lowest BCUT2D eigenvalue weighted by molar-refractivity contribution is 1.24. The predicted molar refractivity (Wildman–Crippen MR) is 105 cm³/mol. The van der Waals surface area contributed by atoms with Gasteiger partial charge in [-0.2, -0.15) is 0 Å². The van der Waals surface area contributed by atoms with Crippen LogP contribution < -0.4 is 0 Å². The van der Waals surface area contributed by atoms with E-state index in [0.29, 0.717) is 17.3 Å². The number of hydrogen-bond acceptors (Lipinski definition) is 5. The molecular weight excluding hydrogens is 298 g/mol. The summed E-state index contributed by atoms with van der Waals surface area (Å²) in [5.74, 6) is 1.08. The van der Waals surface area contributed by atoms with Crippen molar-refractivity contribution < 1.29 is 0 Å². The third-order valence-corrected chi connectivity index (χ3v) is 2.58. The lowest BCUT2D eigenvalue weighted by atomic mass is 10.4. The number of hydrogen-bond donors (Lipinski definition) is 0. The van der Waals surface area contributed by atoms with Crippen molar-refractivity contribution in [1.29, 1.82) is 0 Å². The quantitative estimate of drug-likeness (QED) is 0.634. The maximum absolute atomic E-state index is 4.34. The molecule has 0 aliphatic heterocycles. The molecule has 0 bridgehead atoms. The van der Waals surface area contributed by atoms with Crippen LogP contribution in [0.25, 0.3) is 0 Å². The van der Waals surface area contributed by atoms with Crippen molar-refractivity contribution in [3.63, 3.8) is 0 Å². The van der Waals surface area contributed by atoms with Gasteiger partial charge in [-0.05, 0) is 32.1 Å². The van der Waals surface area contributed by atoms with E-state index in [1.54, 1.807) is 49.1 Å². The summed E-state index contributed by atoms with van der Waals surface area (Å²) in [6.45, 7) is 11.1. The molecule has 122 valence electrons. The summed E-state index contributed by atoms with van der Waals surface area (Å²) in [5.41, 5.74) is 1.37. The minimum absolute atomic E-state index is 0.538. The van der Waals surface area contributed by atoms with E-state index in [2.05, 4.69) is 38.1 Å². The SMILES string of the molecule is C=CC=N/C(C=Nc1cccc(/N=C/C(C=C)=N\C=C/C)n1)=C\C. The van der Waals surface area contributed by atoms with Crippen LogP contribution in [0.3, 0.4) is 0 Å². The zero-order chi connectivity index (χ0) is 17.6. The molecule has 5 nitrogen and oxygen atoms in total. The van der Waals surface area contributed by atoms with Gasteiger partial charge in [0.15, 0.2) is 11.6 Å². The van der Waals surface area contributed by atoms with Crippen LogP contribution in [0.2, 0.25) is 0 Å². The lowest BCUT2D eigenvalue weighted by Gasteiger charge is -1.96. The molecule has 0 unspecified atom stereocenters.